The molecule has 1 aliphatic heterocycles. The van der Waals surface area contributed by atoms with E-state index in [1.54, 1.807) is 35.2 Å². The third kappa shape index (κ3) is 4.27. The first-order valence-corrected chi connectivity index (χ1v) is 9.97. The van der Waals surface area contributed by atoms with Gasteiger partial charge >= 0.3 is 0 Å². The monoisotopic (exact) mass is 358 g/mol. The number of sulfonamides is 1. The fraction of sp³-hybridized carbons (Fsp3) is 0.316. The van der Waals surface area contributed by atoms with Crippen molar-refractivity contribution in [3.05, 3.63) is 66.2 Å². The van der Waals surface area contributed by atoms with E-state index < -0.39 is 16.1 Å². The number of likely N-dealkylation sites (tertiary alicyclic amines) is 1. The van der Waals surface area contributed by atoms with Crippen molar-refractivity contribution in [2.45, 2.75) is 30.2 Å². The maximum Gasteiger partial charge on any atom is 0.245 e. The molecule has 0 aliphatic carbocycles. The minimum atomic E-state index is -3.79. The number of piperidine rings is 1. The zero-order chi connectivity index (χ0) is 17.7. The van der Waals surface area contributed by atoms with Gasteiger partial charge in [0, 0.05) is 13.1 Å². The van der Waals surface area contributed by atoms with Gasteiger partial charge in [-0.1, -0.05) is 48.5 Å². The largest absolute Gasteiger partial charge is 0.341 e. The highest BCUT2D eigenvalue weighted by Gasteiger charge is 2.31. The van der Waals surface area contributed by atoms with Crippen LogP contribution in [-0.4, -0.2) is 32.3 Å². The number of carbonyl (C=O) groups is 1. The molecule has 25 heavy (non-hydrogen) atoms. The third-order valence-electron chi connectivity index (χ3n) is 4.37. The van der Waals surface area contributed by atoms with E-state index in [-0.39, 0.29) is 10.8 Å². The van der Waals surface area contributed by atoms with Gasteiger partial charge in [0.05, 0.1) is 4.90 Å². The second kappa shape index (κ2) is 7.80. The summed E-state index contributed by atoms with van der Waals surface area (Å²) in [5.41, 5.74) is 0.651. The number of rotatable bonds is 5. The maximum absolute atomic E-state index is 13.0. The Kier molecular flexibility index (Phi) is 5.50. The molecule has 1 heterocycles. The van der Waals surface area contributed by atoms with Crippen molar-refractivity contribution in [2.24, 2.45) is 0 Å². The number of hydrogen-bond donors (Lipinski definition) is 1. The number of carbonyl (C=O) groups excluding carboxylic acids is 1. The van der Waals surface area contributed by atoms with Crippen LogP contribution >= 0.6 is 0 Å². The molecule has 0 aromatic heterocycles. The van der Waals surface area contributed by atoms with Crippen molar-refractivity contribution in [3.63, 3.8) is 0 Å². The van der Waals surface area contributed by atoms with Crippen LogP contribution in [0.2, 0.25) is 0 Å². The SMILES string of the molecule is O=C([C@H](NS(=O)(=O)c1ccccc1)c1ccccc1)N1CCCCC1. The molecule has 1 aliphatic rings. The number of hydrogen-bond acceptors (Lipinski definition) is 3. The fourth-order valence-electron chi connectivity index (χ4n) is 3.03. The van der Waals surface area contributed by atoms with E-state index in [0.29, 0.717) is 18.7 Å². The molecule has 1 amide bonds. The summed E-state index contributed by atoms with van der Waals surface area (Å²) in [4.78, 5) is 14.9. The Hall–Kier alpha value is -2.18. The van der Waals surface area contributed by atoms with Crippen LogP contribution in [0, 0.1) is 0 Å². The van der Waals surface area contributed by atoms with Crippen LogP contribution in [0.1, 0.15) is 30.9 Å². The lowest BCUT2D eigenvalue weighted by molar-refractivity contribution is -0.134. The highest BCUT2D eigenvalue weighted by molar-refractivity contribution is 7.89. The molecule has 2 aromatic carbocycles. The van der Waals surface area contributed by atoms with E-state index in [1.807, 2.05) is 18.2 Å². The maximum atomic E-state index is 13.0. The van der Waals surface area contributed by atoms with E-state index >= 15 is 0 Å². The van der Waals surface area contributed by atoms with Crippen LogP contribution in [0.4, 0.5) is 0 Å². The predicted molar refractivity (Wildman–Crippen MR) is 96.4 cm³/mol. The molecular weight excluding hydrogens is 336 g/mol. The molecule has 1 fully saturated rings. The summed E-state index contributed by atoms with van der Waals surface area (Å²) in [5, 5.41) is 0. The fourth-order valence-corrected chi connectivity index (χ4v) is 4.22. The molecule has 1 N–H and O–H groups in total. The van der Waals surface area contributed by atoms with E-state index in [4.69, 9.17) is 0 Å². The lowest BCUT2D eigenvalue weighted by Crippen LogP contribution is -2.44. The molecule has 132 valence electrons. The molecule has 0 spiro atoms. The first-order valence-electron chi connectivity index (χ1n) is 8.49. The van der Waals surface area contributed by atoms with Crippen LogP contribution < -0.4 is 4.72 Å². The van der Waals surface area contributed by atoms with Crippen molar-refractivity contribution in [3.8, 4) is 0 Å². The quantitative estimate of drug-likeness (QED) is 0.894. The van der Waals surface area contributed by atoms with Gasteiger partial charge in [-0.3, -0.25) is 4.79 Å². The molecule has 0 saturated carbocycles. The van der Waals surface area contributed by atoms with Gasteiger partial charge in [0.15, 0.2) is 0 Å². The van der Waals surface area contributed by atoms with Crippen LogP contribution in [-0.2, 0) is 14.8 Å². The van der Waals surface area contributed by atoms with Crippen LogP contribution in [0.25, 0.3) is 0 Å². The molecule has 0 unspecified atom stereocenters. The highest BCUT2D eigenvalue weighted by atomic mass is 32.2. The Morgan fingerprint density at radius 1 is 0.880 bits per heavy atom. The molecule has 3 rings (SSSR count). The highest BCUT2D eigenvalue weighted by Crippen LogP contribution is 2.21. The number of amides is 1. The first-order chi connectivity index (χ1) is 12.1. The number of nitrogens with zero attached hydrogens (tertiary/aromatic N) is 1. The Labute approximate surface area is 148 Å². The molecule has 0 bridgehead atoms. The van der Waals surface area contributed by atoms with Crippen molar-refractivity contribution in [2.75, 3.05) is 13.1 Å². The van der Waals surface area contributed by atoms with Gasteiger partial charge in [-0.05, 0) is 37.0 Å². The molecule has 6 heteroatoms. The summed E-state index contributed by atoms with van der Waals surface area (Å²) in [5.74, 6) is -0.189. The number of benzene rings is 2. The standard InChI is InChI=1S/C19H22N2O3S/c22-19(21-14-8-3-9-15-21)18(16-10-4-1-5-11-16)20-25(23,24)17-12-6-2-7-13-17/h1-2,4-7,10-13,18,20H,3,8-9,14-15H2/t18-/m1/s1. The van der Waals surface area contributed by atoms with Crippen LogP contribution in [0.5, 0.6) is 0 Å². The minimum absolute atomic E-state index is 0.155. The van der Waals surface area contributed by atoms with Gasteiger partial charge in [-0.2, -0.15) is 4.72 Å². The lowest BCUT2D eigenvalue weighted by atomic mass is 10.0. The van der Waals surface area contributed by atoms with Crippen molar-refractivity contribution >= 4 is 15.9 Å². The van der Waals surface area contributed by atoms with E-state index in [0.717, 1.165) is 19.3 Å². The van der Waals surface area contributed by atoms with Crippen LogP contribution in [0.3, 0.4) is 0 Å². The van der Waals surface area contributed by atoms with Crippen LogP contribution in [0.15, 0.2) is 65.6 Å². The van der Waals surface area contributed by atoms with E-state index in [9.17, 15) is 13.2 Å². The van der Waals surface area contributed by atoms with Crippen molar-refractivity contribution < 1.29 is 13.2 Å². The third-order valence-corrected chi connectivity index (χ3v) is 5.81. The second-order valence-corrected chi connectivity index (χ2v) is 7.88. The summed E-state index contributed by atoms with van der Waals surface area (Å²) in [6.07, 6.45) is 3.02. The summed E-state index contributed by atoms with van der Waals surface area (Å²) < 4.78 is 28.0. The number of nitrogens with one attached hydrogen (secondary N) is 1. The topological polar surface area (TPSA) is 66.5 Å². The zero-order valence-electron chi connectivity index (χ0n) is 14.0. The van der Waals surface area contributed by atoms with Gasteiger partial charge in [0.2, 0.25) is 15.9 Å². The zero-order valence-corrected chi connectivity index (χ0v) is 14.8. The van der Waals surface area contributed by atoms with Gasteiger partial charge in [-0.25, -0.2) is 8.42 Å². The molecule has 2 aromatic rings. The minimum Gasteiger partial charge on any atom is -0.341 e. The van der Waals surface area contributed by atoms with Gasteiger partial charge < -0.3 is 4.90 Å². The molecular formula is C19H22N2O3S. The summed E-state index contributed by atoms with van der Waals surface area (Å²) in [7, 11) is -3.79. The van der Waals surface area contributed by atoms with E-state index in [2.05, 4.69) is 4.72 Å². The summed E-state index contributed by atoms with van der Waals surface area (Å²) in [6, 6.07) is 16.2. The Bertz CT molecular complexity index is 801. The Morgan fingerprint density at radius 2 is 1.44 bits per heavy atom. The molecule has 5 nitrogen and oxygen atoms in total. The average molecular weight is 358 g/mol. The summed E-state index contributed by atoms with van der Waals surface area (Å²) in [6.45, 7) is 1.35. The molecule has 1 atom stereocenters. The average Bonchev–Trinajstić information content (AvgIpc) is 2.68. The van der Waals surface area contributed by atoms with Crippen molar-refractivity contribution in [1.82, 2.24) is 9.62 Å². The van der Waals surface area contributed by atoms with Gasteiger partial charge in [0.1, 0.15) is 6.04 Å². The van der Waals surface area contributed by atoms with E-state index in [1.165, 1.54) is 12.1 Å². The predicted octanol–water partition coefficient (Wildman–Crippen LogP) is 2.72. The molecule has 0 radical (unpaired) electrons. The molecule has 1 saturated heterocycles. The Balaban J connectivity index is 1.90. The van der Waals surface area contributed by atoms with Gasteiger partial charge in [-0.15, -0.1) is 0 Å². The summed E-state index contributed by atoms with van der Waals surface area (Å²) >= 11 is 0. The van der Waals surface area contributed by atoms with Gasteiger partial charge in [0.25, 0.3) is 0 Å². The second-order valence-electron chi connectivity index (χ2n) is 6.16. The smallest absolute Gasteiger partial charge is 0.245 e. The van der Waals surface area contributed by atoms with Crippen molar-refractivity contribution in [1.29, 1.82) is 0 Å². The Morgan fingerprint density at radius 3 is 2.04 bits per heavy atom. The normalized spacial score (nSPS) is 16.4. The lowest BCUT2D eigenvalue weighted by Gasteiger charge is -2.30. The first kappa shape index (κ1) is 17.6.